The van der Waals surface area contributed by atoms with Gasteiger partial charge in [0.1, 0.15) is 0 Å². The molecule has 2 heteroatoms. The summed E-state index contributed by atoms with van der Waals surface area (Å²) < 4.78 is 0. The maximum absolute atomic E-state index is 3.51. The Labute approximate surface area is 75.3 Å². The van der Waals surface area contributed by atoms with Gasteiger partial charge in [-0.2, -0.15) is 0 Å². The van der Waals surface area contributed by atoms with E-state index >= 15 is 0 Å². The van der Waals surface area contributed by atoms with Crippen LogP contribution in [0, 0.1) is 0 Å². The minimum absolute atomic E-state index is 0.481. The van der Waals surface area contributed by atoms with Crippen molar-refractivity contribution in [1.29, 1.82) is 0 Å². The third-order valence-electron chi connectivity index (χ3n) is 3.44. The summed E-state index contributed by atoms with van der Waals surface area (Å²) in [7, 11) is 0. The van der Waals surface area contributed by atoms with Crippen LogP contribution in [0.2, 0.25) is 0 Å². The lowest BCUT2D eigenvalue weighted by Crippen LogP contribution is -2.54. The van der Waals surface area contributed by atoms with Crippen molar-refractivity contribution in [1.82, 2.24) is 10.2 Å². The van der Waals surface area contributed by atoms with Gasteiger partial charge in [0.25, 0.3) is 0 Å². The highest BCUT2D eigenvalue weighted by atomic mass is 15.2. The fraction of sp³-hybridized carbons (Fsp3) is 1.00. The fourth-order valence-corrected chi connectivity index (χ4v) is 2.57. The Hall–Kier alpha value is -0.0800. The minimum atomic E-state index is 0.481. The highest BCUT2D eigenvalue weighted by molar-refractivity contribution is 4.93. The quantitative estimate of drug-likeness (QED) is 0.633. The molecule has 2 aliphatic heterocycles. The lowest BCUT2D eigenvalue weighted by atomic mass is 9.91. The summed E-state index contributed by atoms with van der Waals surface area (Å²) in [6, 6.07) is 0. The van der Waals surface area contributed by atoms with E-state index in [0.717, 1.165) is 0 Å². The molecule has 1 unspecified atom stereocenters. The third kappa shape index (κ3) is 1.50. The van der Waals surface area contributed by atoms with Gasteiger partial charge in [-0.3, -0.25) is 4.90 Å². The fourth-order valence-electron chi connectivity index (χ4n) is 2.57. The first-order chi connectivity index (χ1) is 5.81. The highest BCUT2D eigenvalue weighted by Gasteiger charge is 2.34. The SMILES string of the molecule is CC1(N2CCCC2)CCCNC1. The first-order valence-corrected chi connectivity index (χ1v) is 5.27. The van der Waals surface area contributed by atoms with Gasteiger partial charge in [0.05, 0.1) is 0 Å². The standard InChI is InChI=1S/C10H20N2/c1-10(5-4-6-11-9-10)12-7-2-3-8-12/h11H,2-9H2,1H3. The van der Waals surface area contributed by atoms with Gasteiger partial charge in [-0.25, -0.2) is 0 Å². The van der Waals surface area contributed by atoms with Crippen LogP contribution in [0.5, 0.6) is 0 Å². The first-order valence-electron chi connectivity index (χ1n) is 5.27. The molecule has 0 aromatic carbocycles. The summed E-state index contributed by atoms with van der Waals surface area (Å²) in [4.78, 5) is 2.68. The summed E-state index contributed by atoms with van der Waals surface area (Å²) in [5.74, 6) is 0. The Kier molecular flexibility index (Phi) is 2.37. The zero-order valence-corrected chi connectivity index (χ0v) is 8.10. The first kappa shape index (κ1) is 8.52. The summed E-state index contributed by atoms with van der Waals surface area (Å²) in [6.07, 6.45) is 5.57. The normalized spacial score (nSPS) is 38.8. The van der Waals surface area contributed by atoms with E-state index in [4.69, 9.17) is 0 Å². The second kappa shape index (κ2) is 3.35. The number of hydrogen-bond acceptors (Lipinski definition) is 2. The minimum Gasteiger partial charge on any atom is -0.315 e. The molecule has 12 heavy (non-hydrogen) atoms. The summed E-state index contributed by atoms with van der Waals surface area (Å²) >= 11 is 0. The smallest absolute Gasteiger partial charge is 0.0306 e. The molecule has 0 bridgehead atoms. The van der Waals surface area contributed by atoms with Crippen molar-refractivity contribution in [3.8, 4) is 0 Å². The van der Waals surface area contributed by atoms with Crippen LogP contribution in [0.3, 0.4) is 0 Å². The molecule has 2 saturated heterocycles. The Morgan fingerprint density at radius 3 is 2.50 bits per heavy atom. The second-order valence-corrected chi connectivity index (χ2v) is 4.47. The van der Waals surface area contributed by atoms with Gasteiger partial charge in [-0.05, 0) is 52.2 Å². The van der Waals surface area contributed by atoms with Crippen LogP contribution in [-0.2, 0) is 0 Å². The van der Waals surface area contributed by atoms with E-state index in [-0.39, 0.29) is 0 Å². The summed E-state index contributed by atoms with van der Waals surface area (Å²) in [6.45, 7) is 7.51. The van der Waals surface area contributed by atoms with Gasteiger partial charge in [-0.1, -0.05) is 0 Å². The van der Waals surface area contributed by atoms with Crippen molar-refractivity contribution in [2.45, 2.75) is 38.1 Å². The molecule has 2 fully saturated rings. The molecule has 0 aromatic rings. The Morgan fingerprint density at radius 2 is 1.92 bits per heavy atom. The lowest BCUT2D eigenvalue weighted by molar-refractivity contribution is 0.104. The van der Waals surface area contributed by atoms with E-state index in [1.807, 2.05) is 0 Å². The molecule has 0 aromatic heterocycles. The summed E-state index contributed by atoms with van der Waals surface area (Å²) in [5, 5.41) is 3.51. The van der Waals surface area contributed by atoms with Crippen molar-refractivity contribution in [2.75, 3.05) is 26.2 Å². The van der Waals surface area contributed by atoms with Gasteiger partial charge >= 0.3 is 0 Å². The molecule has 2 aliphatic rings. The van der Waals surface area contributed by atoms with Gasteiger partial charge in [0.15, 0.2) is 0 Å². The van der Waals surface area contributed by atoms with Crippen molar-refractivity contribution >= 4 is 0 Å². The molecule has 2 nitrogen and oxygen atoms in total. The van der Waals surface area contributed by atoms with Gasteiger partial charge in [-0.15, -0.1) is 0 Å². The van der Waals surface area contributed by atoms with Crippen LogP contribution in [0.4, 0.5) is 0 Å². The number of piperidine rings is 1. The average molecular weight is 168 g/mol. The van der Waals surface area contributed by atoms with Crippen LogP contribution in [0.25, 0.3) is 0 Å². The van der Waals surface area contributed by atoms with Crippen LogP contribution >= 0.6 is 0 Å². The Balaban J connectivity index is 1.97. The van der Waals surface area contributed by atoms with Crippen molar-refractivity contribution in [2.24, 2.45) is 0 Å². The van der Waals surface area contributed by atoms with Crippen LogP contribution in [0.1, 0.15) is 32.6 Å². The van der Waals surface area contributed by atoms with E-state index in [1.54, 1.807) is 0 Å². The molecular formula is C10H20N2. The molecule has 1 N–H and O–H groups in total. The monoisotopic (exact) mass is 168 g/mol. The lowest BCUT2D eigenvalue weighted by Gasteiger charge is -2.42. The molecule has 0 saturated carbocycles. The second-order valence-electron chi connectivity index (χ2n) is 4.47. The van der Waals surface area contributed by atoms with Crippen molar-refractivity contribution < 1.29 is 0 Å². The molecule has 70 valence electrons. The van der Waals surface area contributed by atoms with E-state index in [2.05, 4.69) is 17.1 Å². The largest absolute Gasteiger partial charge is 0.315 e. The van der Waals surface area contributed by atoms with Crippen LogP contribution < -0.4 is 5.32 Å². The van der Waals surface area contributed by atoms with Crippen molar-refractivity contribution in [3.63, 3.8) is 0 Å². The van der Waals surface area contributed by atoms with Gasteiger partial charge in [0.2, 0.25) is 0 Å². The molecule has 0 radical (unpaired) electrons. The third-order valence-corrected chi connectivity index (χ3v) is 3.44. The zero-order valence-electron chi connectivity index (χ0n) is 8.10. The molecule has 1 atom stereocenters. The van der Waals surface area contributed by atoms with Crippen LogP contribution in [-0.4, -0.2) is 36.6 Å². The molecular weight excluding hydrogens is 148 g/mol. The number of nitrogens with zero attached hydrogens (tertiary/aromatic N) is 1. The van der Waals surface area contributed by atoms with Crippen LogP contribution in [0.15, 0.2) is 0 Å². The highest BCUT2D eigenvalue weighted by Crippen LogP contribution is 2.26. The molecule has 0 amide bonds. The van der Waals surface area contributed by atoms with E-state index in [1.165, 1.54) is 51.9 Å². The van der Waals surface area contributed by atoms with E-state index < -0.39 is 0 Å². The average Bonchev–Trinajstić information content (AvgIpc) is 2.58. The molecule has 0 aliphatic carbocycles. The maximum Gasteiger partial charge on any atom is 0.0306 e. The summed E-state index contributed by atoms with van der Waals surface area (Å²) in [5.41, 5.74) is 0.481. The van der Waals surface area contributed by atoms with Crippen molar-refractivity contribution in [3.05, 3.63) is 0 Å². The molecule has 0 spiro atoms. The maximum atomic E-state index is 3.51. The predicted octanol–water partition coefficient (Wildman–Crippen LogP) is 1.22. The predicted molar refractivity (Wildman–Crippen MR) is 51.3 cm³/mol. The number of hydrogen-bond donors (Lipinski definition) is 1. The van der Waals surface area contributed by atoms with E-state index in [9.17, 15) is 0 Å². The number of likely N-dealkylation sites (tertiary alicyclic amines) is 1. The van der Waals surface area contributed by atoms with E-state index in [0.29, 0.717) is 5.54 Å². The topological polar surface area (TPSA) is 15.3 Å². The number of nitrogens with one attached hydrogen (secondary N) is 1. The Bertz CT molecular complexity index is 144. The molecule has 2 heterocycles. The molecule has 2 rings (SSSR count). The Morgan fingerprint density at radius 1 is 1.17 bits per heavy atom. The number of rotatable bonds is 1. The zero-order chi connectivity index (χ0) is 8.44. The van der Waals surface area contributed by atoms with Gasteiger partial charge < -0.3 is 5.32 Å². The van der Waals surface area contributed by atoms with Gasteiger partial charge in [0, 0.05) is 12.1 Å².